The maximum absolute atomic E-state index is 12.4. The van der Waals surface area contributed by atoms with Crippen molar-refractivity contribution in [3.8, 4) is 0 Å². The van der Waals surface area contributed by atoms with Crippen LogP contribution in [0.4, 0.5) is 0 Å². The topological polar surface area (TPSA) is 110 Å². The monoisotopic (exact) mass is 457 g/mol. The Balaban J connectivity index is 2.17. The average molecular weight is 458 g/mol. The number of rotatable bonds is 8. The molecule has 1 aromatic heterocycles. The van der Waals surface area contributed by atoms with E-state index in [4.69, 9.17) is 9.47 Å². The van der Waals surface area contributed by atoms with Crippen LogP contribution in [0.15, 0.2) is 51.5 Å². The van der Waals surface area contributed by atoms with Gasteiger partial charge in [-0.15, -0.1) is 4.40 Å². The first-order valence-corrected chi connectivity index (χ1v) is 10.3. The van der Waals surface area contributed by atoms with E-state index in [9.17, 15) is 18.3 Å². The van der Waals surface area contributed by atoms with E-state index in [-0.39, 0.29) is 23.4 Å². The number of unbranched alkanes of at least 4 members (excludes halogenated alkanes) is 1. The SMILES string of the molecule is CCCCOC(=O)c1c(Br)ccn1S(=O)(=O)/N=C(\[O-])OCc1ccccc1. The van der Waals surface area contributed by atoms with E-state index in [1.807, 2.05) is 6.92 Å². The number of carbonyl (C=O) groups excluding carboxylic acids is 1. The molecule has 0 aliphatic carbocycles. The van der Waals surface area contributed by atoms with Crippen molar-refractivity contribution in [3.63, 3.8) is 0 Å². The molecule has 146 valence electrons. The molecule has 27 heavy (non-hydrogen) atoms. The molecule has 0 atom stereocenters. The number of aromatic nitrogens is 1. The minimum absolute atomic E-state index is 0.125. The second kappa shape index (κ2) is 9.56. The van der Waals surface area contributed by atoms with Crippen molar-refractivity contribution < 1.29 is 27.8 Å². The summed E-state index contributed by atoms with van der Waals surface area (Å²) in [4.78, 5) is 12.2. The Morgan fingerprint density at radius 2 is 1.93 bits per heavy atom. The van der Waals surface area contributed by atoms with Gasteiger partial charge in [0.25, 0.3) is 0 Å². The molecule has 1 heterocycles. The quantitative estimate of drug-likeness (QED) is 0.260. The molecular weight excluding hydrogens is 440 g/mol. The van der Waals surface area contributed by atoms with Crippen LogP contribution in [0.2, 0.25) is 0 Å². The van der Waals surface area contributed by atoms with Gasteiger partial charge in [0.15, 0.2) is 11.8 Å². The van der Waals surface area contributed by atoms with Crippen molar-refractivity contribution in [3.05, 3.63) is 58.3 Å². The lowest BCUT2D eigenvalue weighted by Crippen LogP contribution is -2.26. The van der Waals surface area contributed by atoms with Crippen LogP contribution in [0.3, 0.4) is 0 Å². The van der Waals surface area contributed by atoms with Gasteiger partial charge in [0, 0.05) is 12.8 Å². The van der Waals surface area contributed by atoms with Crippen molar-refractivity contribution in [1.29, 1.82) is 0 Å². The Bertz CT molecular complexity index is 909. The molecule has 2 rings (SSSR count). The second-order valence-electron chi connectivity index (χ2n) is 5.41. The fourth-order valence-electron chi connectivity index (χ4n) is 2.03. The molecule has 0 fully saturated rings. The Kier molecular flexibility index (Phi) is 7.43. The predicted octanol–water partition coefficient (Wildman–Crippen LogP) is 2.23. The zero-order chi connectivity index (χ0) is 19.9. The number of carbonyl (C=O) groups is 1. The van der Waals surface area contributed by atoms with Gasteiger partial charge >= 0.3 is 16.2 Å². The normalized spacial score (nSPS) is 12.0. The number of esters is 1. The van der Waals surface area contributed by atoms with Crippen LogP contribution < -0.4 is 5.11 Å². The Hall–Kier alpha value is -2.33. The summed E-state index contributed by atoms with van der Waals surface area (Å²) in [5.74, 6) is -0.836. The lowest BCUT2D eigenvalue weighted by molar-refractivity contribution is -0.251. The highest BCUT2D eigenvalue weighted by atomic mass is 79.9. The van der Waals surface area contributed by atoms with Gasteiger partial charge in [-0.2, -0.15) is 8.42 Å². The summed E-state index contributed by atoms with van der Waals surface area (Å²) in [5.41, 5.74) is 0.410. The zero-order valence-corrected chi connectivity index (χ0v) is 16.9. The largest absolute Gasteiger partial charge is 0.595 e. The van der Waals surface area contributed by atoms with Crippen LogP contribution in [0.1, 0.15) is 35.8 Å². The summed E-state index contributed by atoms with van der Waals surface area (Å²) in [6, 6.07) is 10.1. The summed E-state index contributed by atoms with van der Waals surface area (Å²) in [6.07, 6.45) is 1.28. The van der Waals surface area contributed by atoms with Crippen molar-refractivity contribution in [2.45, 2.75) is 26.4 Å². The van der Waals surface area contributed by atoms with E-state index in [2.05, 4.69) is 20.3 Å². The minimum Gasteiger partial charge on any atom is -0.595 e. The lowest BCUT2D eigenvalue weighted by Gasteiger charge is -2.14. The molecule has 10 heteroatoms. The van der Waals surface area contributed by atoms with Gasteiger partial charge in [-0.3, -0.25) is 0 Å². The first-order chi connectivity index (χ1) is 12.8. The van der Waals surface area contributed by atoms with E-state index >= 15 is 0 Å². The Labute approximate surface area is 165 Å². The number of benzene rings is 1. The highest BCUT2D eigenvalue weighted by Crippen LogP contribution is 2.22. The van der Waals surface area contributed by atoms with E-state index in [1.165, 1.54) is 6.07 Å². The van der Waals surface area contributed by atoms with Gasteiger partial charge in [-0.05, 0) is 34.0 Å². The summed E-state index contributed by atoms with van der Waals surface area (Å²) in [6.45, 7) is 1.96. The Morgan fingerprint density at radius 1 is 1.22 bits per heavy atom. The summed E-state index contributed by atoms with van der Waals surface area (Å²) in [5, 5.41) is 11.8. The van der Waals surface area contributed by atoms with Crippen molar-refractivity contribution in [1.82, 2.24) is 3.97 Å². The van der Waals surface area contributed by atoms with E-state index in [0.29, 0.717) is 16.0 Å². The third-order valence-electron chi connectivity index (χ3n) is 3.37. The van der Waals surface area contributed by atoms with Gasteiger partial charge in [-0.25, -0.2) is 8.77 Å². The van der Waals surface area contributed by atoms with Gasteiger partial charge in [0.2, 0.25) is 0 Å². The van der Waals surface area contributed by atoms with Crippen LogP contribution in [0.25, 0.3) is 0 Å². The number of nitrogens with zero attached hydrogens (tertiary/aromatic N) is 2. The fraction of sp³-hybridized carbons (Fsp3) is 0.294. The first-order valence-electron chi connectivity index (χ1n) is 8.08. The van der Waals surface area contributed by atoms with Crippen LogP contribution in [0, 0.1) is 0 Å². The zero-order valence-electron chi connectivity index (χ0n) is 14.5. The number of hydrogen-bond donors (Lipinski definition) is 0. The lowest BCUT2D eigenvalue weighted by atomic mass is 10.2. The molecule has 0 N–H and O–H groups in total. The molecule has 0 bridgehead atoms. The third kappa shape index (κ3) is 5.83. The molecule has 2 aromatic rings. The molecule has 8 nitrogen and oxygen atoms in total. The molecule has 0 spiro atoms. The first kappa shape index (κ1) is 21.0. The summed E-state index contributed by atoms with van der Waals surface area (Å²) in [7, 11) is -4.51. The van der Waals surface area contributed by atoms with E-state index in [1.54, 1.807) is 30.3 Å². The van der Waals surface area contributed by atoms with Crippen LogP contribution in [-0.2, 0) is 26.3 Å². The van der Waals surface area contributed by atoms with Crippen LogP contribution in [0.5, 0.6) is 0 Å². The molecule has 0 unspecified atom stereocenters. The van der Waals surface area contributed by atoms with Gasteiger partial charge in [0.1, 0.15) is 0 Å². The molecule has 1 aromatic carbocycles. The van der Waals surface area contributed by atoms with Gasteiger partial charge in [-0.1, -0.05) is 43.7 Å². The summed E-state index contributed by atoms with van der Waals surface area (Å²) >= 11 is 3.10. The van der Waals surface area contributed by atoms with E-state index < -0.39 is 22.3 Å². The summed E-state index contributed by atoms with van der Waals surface area (Å²) < 4.78 is 38.5. The number of halogens is 1. The van der Waals surface area contributed by atoms with Gasteiger partial charge in [0.05, 0.1) is 11.1 Å². The maximum Gasteiger partial charge on any atom is 0.357 e. The second-order valence-corrected chi connectivity index (χ2v) is 7.73. The number of hydrogen-bond acceptors (Lipinski definition) is 6. The smallest absolute Gasteiger partial charge is 0.357 e. The standard InChI is InChI=1S/C17H19BrN2O6S/c1-2-3-11-25-16(21)15-14(18)9-10-20(15)27(23,24)19-17(22)26-12-13-7-5-4-6-8-13/h4-10H,2-3,11-12H2,1H3,(H,19,22)/p-1. The highest BCUT2D eigenvalue weighted by molar-refractivity contribution is 9.10. The molecule has 0 aliphatic heterocycles. The molecule has 0 saturated carbocycles. The molecule has 0 radical (unpaired) electrons. The van der Waals surface area contributed by atoms with Gasteiger partial charge < -0.3 is 14.6 Å². The maximum atomic E-state index is 12.4. The molecule has 0 saturated heterocycles. The molecular formula is C17H18BrN2O6S-. The molecule has 0 amide bonds. The van der Waals surface area contributed by atoms with Crippen LogP contribution >= 0.6 is 15.9 Å². The van der Waals surface area contributed by atoms with E-state index in [0.717, 1.165) is 12.6 Å². The molecule has 0 aliphatic rings. The predicted molar refractivity (Wildman–Crippen MR) is 100 cm³/mol. The van der Waals surface area contributed by atoms with Crippen molar-refractivity contribution >= 4 is 38.2 Å². The minimum atomic E-state index is -4.51. The fourth-order valence-corrected chi connectivity index (χ4v) is 3.57. The van der Waals surface area contributed by atoms with Crippen molar-refractivity contribution in [2.75, 3.05) is 6.61 Å². The Morgan fingerprint density at radius 3 is 2.59 bits per heavy atom. The third-order valence-corrected chi connectivity index (χ3v) is 5.19. The van der Waals surface area contributed by atoms with Crippen LogP contribution in [-0.4, -0.2) is 31.1 Å². The van der Waals surface area contributed by atoms with Crippen molar-refractivity contribution in [2.24, 2.45) is 4.40 Å². The average Bonchev–Trinajstić information content (AvgIpc) is 3.03. The number of ether oxygens (including phenoxy) is 2. The highest BCUT2D eigenvalue weighted by Gasteiger charge is 2.24.